The topological polar surface area (TPSA) is 46.8 Å². The van der Waals surface area contributed by atoms with E-state index in [2.05, 4.69) is 4.98 Å². The molecule has 0 bridgehead atoms. The Balaban J connectivity index is 1.92. The minimum absolute atomic E-state index is 0.245. The molecule has 1 atom stereocenters. The molecule has 0 spiro atoms. The molecule has 100 valence electrons. The summed E-state index contributed by atoms with van der Waals surface area (Å²) in [6.45, 7) is 1.61. The maximum Gasteiger partial charge on any atom is 0.170 e. The van der Waals surface area contributed by atoms with E-state index in [-0.39, 0.29) is 6.10 Å². The van der Waals surface area contributed by atoms with Crippen molar-refractivity contribution >= 4 is 17.8 Å². The third-order valence-corrected chi connectivity index (χ3v) is 3.52. The van der Waals surface area contributed by atoms with E-state index in [1.807, 2.05) is 40.7 Å². The van der Waals surface area contributed by atoms with Crippen LogP contribution in [0.3, 0.4) is 0 Å². The predicted molar refractivity (Wildman–Crippen MR) is 72.8 cm³/mol. The van der Waals surface area contributed by atoms with Crippen LogP contribution in [0.1, 0.15) is 23.3 Å². The third-order valence-electron chi connectivity index (χ3n) is 3.52. The number of hydrogen-bond acceptors (Lipinski definition) is 4. The van der Waals surface area contributed by atoms with Gasteiger partial charge in [0.15, 0.2) is 12.1 Å². The number of rotatable bonds is 4. The Morgan fingerprint density at radius 3 is 3.21 bits per heavy atom. The lowest BCUT2D eigenvalue weighted by atomic mass is 10.2. The van der Waals surface area contributed by atoms with Crippen molar-refractivity contribution in [2.75, 3.05) is 25.1 Å². The number of aldehydes is 1. The summed E-state index contributed by atoms with van der Waals surface area (Å²) in [6.07, 6.45) is 5.16. The van der Waals surface area contributed by atoms with E-state index >= 15 is 0 Å². The summed E-state index contributed by atoms with van der Waals surface area (Å²) in [5.74, 6) is 0.719. The second-order valence-corrected chi connectivity index (χ2v) is 4.88. The van der Waals surface area contributed by atoms with E-state index in [9.17, 15) is 4.79 Å². The molecule has 0 aliphatic carbocycles. The van der Waals surface area contributed by atoms with Gasteiger partial charge in [0.1, 0.15) is 11.3 Å². The molecular weight excluding hydrogens is 242 g/mol. The average molecular weight is 259 g/mol. The number of pyridine rings is 1. The first kappa shape index (κ1) is 12.2. The van der Waals surface area contributed by atoms with Crippen LogP contribution in [0.2, 0.25) is 0 Å². The molecule has 3 heterocycles. The Labute approximate surface area is 111 Å². The number of fused-ring (bicyclic) bond motifs is 1. The van der Waals surface area contributed by atoms with Crippen LogP contribution < -0.4 is 4.90 Å². The molecule has 1 saturated heterocycles. The van der Waals surface area contributed by atoms with Gasteiger partial charge in [-0.05, 0) is 25.0 Å². The van der Waals surface area contributed by atoms with Gasteiger partial charge in [0.2, 0.25) is 0 Å². The van der Waals surface area contributed by atoms with E-state index in [0.29, 0.717) is 5.69 Å². The molecule has 0 amide bonds. The summed E-state index contributed by atoms with van der Waals surface area (Å²) < 4.78 is 7.44. The lowest BCUT2D eigenvalue weighted by Crippen LogP contribution is -2.29. The highest BCUT2D eigenvalue weighted by Crippen LogP contribution is 2.21. The van der Waals surface area contributed by atoms with Gasteiger partial charge in [-0.3, -0.25) is 9.20 Å². The third kappa shape index (κ3) is 2.21. The second-order valence-electron chi connectivity index (χ2n) is 4.88. The van der Waals surface area contributed by atoms with Gasteiger partial charge < -0.3 is 9.64 Å². The minimum Gasteiger partial charge on any atom is -0.376 e. The molecule has 0 radical (unpaired) electrons. The molecule has 2 aromatic rings. The maximum absolute atomic E-state index is 11.3. The van der Waals surface area contributed by atoms with Gasteiger partial charge in [0, 0.05) is 26.4 Å². The molecule has 5 heteroatoms. The van der Waals surface area contributed by atoms with Gasteiger partial charge in [0.25, 0.3) is 0 Å². The van der Waals surface area contributed by atoms with Crippen molar-refractivity contribution in [3.05, 3.63) is 30.1 Å². The molecule has 5 nitrogen and oxygen atoms in total. The quantitative estimate of drug-likeness (QED) is 0.785. The van der Waals surface area contributed by atoms with Gasteiger partial charge in [-0.15, -0.1) is 0 Å². The number of hydrogen-bond donors (Lipinski definition) is 0. The van der Waals surface area contributed by atoms with Crippen LogP contribution in [0, 0.1) is 0 Å². The van der Waals surface area contributed by atoms with Crippen LogP contribution in [0.5, 0.6) is 0 Å². The zero-order chi connectivity index (χ0) is 13.2. The van der Waals surface area contributed by atoms with Crippen LogP contribution >= 0.6 is 0 Å². The van der Waals surface area contributed by atoms with Gasteiger partial charge in [-0.1, -0.05) is 6.07 Å². The molecule has 2 aromatic heterocycles. The van der Waals surface area contributed by atoms with Crippen LogP contribution in [-0.4, -0.2) is 42.0 Å². The van der Waals surface area contributed by atoms with Crippen molar-refractivity contribution in [3.63, 3.8) is 0 Å². The van der Waals surface area contributed by atoms with Gasteiger partial charge in [0.05, 0.1) is 6.10 Å². The highest BCUT2D eigenvalue weighted by molar-refractivity contribution is 5.83. The van der Waals surface area contributed by atoms with Crippen LogP contribution in [0.25, 0.3) is 5.65 Å². The molecule has 1 unspecified atom stereocenters. The number of anilines is 1. The summed E-state index contributed by atoms with van der Waals surface area (Å²) in [6, 6.07) is 5.71. The summed E-state index contributed by atoms with van der Waals surface area (Å²) >= 11 is 0. The highest BCUT2D eigenvalue weighted by Gasteiger charge is 2.21. The fraction of sp³-hybridized carbons (Fsp3) is 0.429. The zero-order valence-corrected chi connectivity index (χ0v) is 11.0. The second kappa shape index (κ2) is 5.01. The van der Waals surface area contributed by atoms with Crippen LogP contribution in [-0.2, 0) is 4.74 Å². The molecule has 1 fully saturated rings. The number of aromatic nitrogens is 2. The number of ether oxygens (including phenoxy) is 1. The largest absolute Gasteiger partial charge is 0.376 e. The van der Waals surface area contributed by atoms with E-state index < -0.39 is 0 Å². The lowest BCUT2D eigenvalue weighted by Gasteiger charge is -2.20. The van der Waals surface area contributed by atoms with Crippen molar-refractivity contribution in [1.82, 2.24) is 9.38 Å². The standard InChI is InChI=1S/C14H17N3O2/c1-16(9-11-5-4-8-19-11)14-12(10-18)17-7-3-2-6-13(17)15-14/h2-3,6-7,10-11H,4-5,8-9H2,1H3. The van der Waals surface area contributed by atoms with E-state index in [1.165, 1.54) is 0 Å². The zero-order valence-electron chi connectivity index (χ0n) is 11.0. The number of carbonyl (C=O) groups excluding carboxylic acids is 1. The number of carbonyl (C=O) groups is 1. The first-order valence-corrected chi connectivity index (χ1v) is 6.54. The van der Waals surface area contributed by atoms with Crippen molar-refractivity contribution in [1.29, 1.82) is 0 Å². The van der Waals surface area contributed by atoms with Gasteiger partial charge in [-0.2, -0.15) is 0 Å². The predicted octanol–water partition coefficient (Wildman–Crippen LogP) is 1.76. The molecule has 0 N–H and O–H groups in total. The average Bonchev–Trinajstić information content (AvgIpc) is 3.04. The van der Waals surface area contributed by atoms with Crippen LogP contribution in [0.4, 0.5) is 5.82 Å². The summed E-state index contributed by atoms with van der Waals surface area (Å²) in [4.78, 5) is 17.9. The molecule has 1 aliphatic heterocycles. The lowest BCUT2D eigenvalue weighted by molar-refractivity contribution is 0.111. The number of likely N-dealkylation sites (N-methyl/N-ethyl adjacent to an activating group) is 1. The highest BCUT2D eigenvalue weighted by atomic mass is 16.5. The summed E-state index contributed by atoms with van der Waals surface area (Å²) in [7, 11) is 1.95. The maximum atomic E-state index is 11.3. The van der Waals surface area contributed by atoms with Crippen molar-refractivity contribution in [3.8, 4) is 0 Å². The van der Waals surface area contributed by atoms with Crippen LogP contribution in [0.15, 0.2) is 24.4 Å². The molecular formula is C14H17N3O2. The fourth-order valence-corrected chi connectivity index (χ4v) is 2.57. The van der Waals surface area contributed by atoms with Crippen molar-refractivity contribution < 1.29 is 9.53 Å². The number of nitrogens with zero attached hydrogens (tertiary/aromatic N) is 3. The first-order chi connectivity index (χ1) is 9.29. The Morgan fingerprint density at radius 1 is 1.58 bits per heavy atom. The molecule has 1 aliphatic rings. The van der Waals surface area contributed by atoms with Gasteiger partial charge >= 0.3 is 0 Å². The monoisotopic (exact) mass is 259 g/mol. The number of imidazole rings is 1. The van der Waals surface area contributed by atoms with E-state index in [1.54, 1.807) is 0 Å². The summed E-state index contributed by atoms with van der Waals surface area (Å²) in [5, 5.41) is 0. The van der Waals surface area contributed by atoms with Crippen molar-refractivity contribution in [2.24, 2.45) is 0 Å². The molecule has 19 heavy (non-hydrogen) atoms. The minimum atomic E-state index is 0.245. The first-order valence-electron chi connectivity index (χ1n) is 6.54. The molecule has 0 aromatic carbocycles. The molecule has 0 saturated carbocycles. The van der Waals surface area contributed by atoms with Gasteiger partial charge in [-0.25, -0.2) is 4.98 Å². The fourth-order valence-electron chi connectivity index (χ4n) is 2.57. The Kier molecular flexibility index (Phi) is 3.21. The Hall–Kier alpha value is -1.88. The van der Waals surface area contributed by atoms with Crippen molar-refractivity contribution in [2.45, 2.75) is 18.9 Å². The Morgan fingerprint density at radius 2 is 2.47 bits per heavy atom. The van der Waals surface area contributed by atoms with E-state index in [4.69, 9.17) is 4.74 Å². The Bertz CT molecular complexity index is 587. The SMILES string of the molecule is CN(CC1CCCO1)c1nc2ccccn2c1C=O. The normalized spacial score (nSPS) is 18.9. The van der Waals surface area contributed by atoms with E-state index in [0.717, 1.165) is 43.7 Å². The smallest absolute Gasteiger partial charge is 0.170 e. The molecule has 3 rings (SSSR count). The summed E-state index contributed by atoms with van der Waals surface area (Å²) in [5.41, 5.74) is 1.38.